The van der Waals surface area contributed by atoms with Gasteiger partial charge in [-0.25, -0.2) is 4.98 Å². The molecule has 5 rings (SSSR count). The van der Waals surface area contributed by atoms with E-state index in [-0.39, 0.29) is 12.1 Å². The van der Waals surface area contributed by atoms with Gasteiger partial charge in [0.15, 0.2) is 0 Å². The number of anilines is 2. The number of rotatable bonds is 3. The van der Waals surface area contributed by atoms with Crippen LogP contribution in [0.1, 0.15) is 19.0 Å². The zero-order chi connectivity index (χ0) is 19.3. The molecule has 28 heavy (non-hydrogen) atoms. The number of aliphatic hydroxyl groups excluding tert-OH is 1. The van der Waals surface area contributed by atoms with E-state index in [1.807, 2.05) is 13.0 Å². The Kier molecular flexibility index (Phi) is 4.45. The van der Waals surface area contributed by atoms with Crippen molar-refractivity contribution < 1.29 is 9.84 Å². The first kappa shape index (κ1) is 17.8. The minimum absolute atomic E-state index is 0.262. The van der Waals surface area contributed by atoms with Gasteiger partial charge in [-0.05, 0) is 37.9 Å². The number of β-amino-alcohol motifs (C(OH)–C–C–N with tert-alkyl or cyclic N) is 1. The lowest BCUT2D eigenvalue weighted by Crippen LogP contribution is -2.44. The van der Waals surface area contributed by atoms with Crippen molar-refractivity contribution in [2.45, 2.75) is 32.4 Å². The van der Waals surface area contributed by atoms with Gasteiger partial charge in [-0.3, -0.25) is 5.10 Å². The summed E-state index contributed by atoms with van der Waals surface area (Å²) in [6.45, 7) is 7.85. The number of morpholine rings is 1. The van der Waals surface area contributed by atoms with E-state index in [4.69, 9.17) is 14.1 Å². The minimum atomic E-state index is -0.282. The normalized spacial score (nSPS) is 23.1. The van der Waals surface area contributed by atoms with Crippen LogP contribution >= 0.6 is 11.5 Å². The Morgan fingerprint density at radius 2 is 2.21 bits per heavy atom. The van der Waals surface area contributed by atoms with E-state index in [2.05, 4.69) is 33.0 Å². The van der Waals surface area contributed by atoms with Gasteiger partial charge >= 0.3 is 0 Å². The van der Waals surface area contributed by atoms with Crippen LogP contribution in [-0.4, -0.2) is 69.7 Å². The van der Waals surface area contributed by atoms with Crippen LogP contribution in [0.15, 0.2) is 12.1 Å². The van der Waals surface area contributed by atoms with E-state index >= 15 is 0 Å². The number of nitrogens with zero attached hydrogens (tertiary/aromatic N) is 5. The van der Waals surface area contributed by atoms with Gasteiger partial charge in [0, 0.05) is 31.4 Å². The molecule has 148 valence electrons. The van der Waals surface area contributed by atoms with Crippen molar-refractivity contribution in [2.75, 3.05) is 42.6 Å². The van der Waals surface area contributed by atoms with E-state index in [1.54, 1.807) is 0 Å². The first-order valence-corrected chi connectivity index (χ1v) is 10.5. The molecule has 0 radical (unpaired) electrons. The predicted octanol–water partition coefficient (Wildman–Crippen LogP) is 2.19. The van der Waals surface area contributed by atoms with Gasteiger partial charge in [-0.2, -0.15) is 9.47 Å². The Morgan fingerprint density at radius 1 is 1.32 bits per heavy atom. The molecule has 0 aromatic carbocycles. The molecule has 2 aliphatic rings. The third-order valence-corrected chi connectivity index (χ3v) is 6.37. The molecule has 0 aliphatic carbocycles. The van der Waals surface area contributed by atoms with Gasteiger partial charge in [0.2, 0.25) is 0 Å². The van der Waals surface area contributed by atoms with Crippen molar-refractivity contribution in [3.63, 3.8) is 0 Å². The number of ether oxygens (including phenoxy) is 1. The summed E-state index contributed by atoms with van der Waals surface area (Å²) in [6.07, 6.45) is 0.507. The lowest BCUT2D eigenvalue weighted by Gasteiger charge is -2.35. The summed E-state index contributed by atoms with van der Waals surface area (Å²) in [4.78, 5) is 9.57. The summed E-state index contributed by atoms with van der Waals surface area (Å²) in [5.41, 5.74) is 4.61. The lowest BCUT2D eigenvalue weighted by atomic mass is 10.2. The second-order valence-electron chi connectivity index (χ2n) is 7.65. The molecule has 0 unspecified atom stereocenters. The molecule has 5 heterocycles. The third-order valence-electron chi connectivity index (χ3n) is 5.51. The fourth-order valence-electron chi connectivity index (χ4n) is 4.01. The number of aromatic amines is 1. The molecule has 2 aliphatic heterocycles. The average molecular weight is 401 g/mol. The molecule has 0 spiro atoms. The van der Waals surface area contributed by atoms with Crippen LogP contribution in [-0.2, 0) is 4.74 Å². The molecular formula is C19H24N6O2S. The topological polar surface area (TPSA) is 90.4 Å². The van der Waals surface area contributed by atoms with E-state index < -0.39 is 0 Å². The predicted molar refractivity (Wildman–Crippen MR) is 110 cm³/mol. The quantitative estimate of drug-likeness (QED) is 0.696. The molecule has 0 bridgehead atoms. The first-order chi connectivity index (χ1) is 13.6. The maximum absolute atomic E-state index is 10.1. The number of pyridine rings is 1. The number of aromatic nitrogens is 4. The number of fused-ring (bicyclic) bond motifs is 1. The van der Waals surface area contributed by atoms with Crippen LogP contribution in [0.5, 0.6) is 0 Å². The Balaban J connectivity index is 1.67. The summed E-state index contributed by atoms with van der Waals surface area (Å²) in [5, 5.41) is 17.5. The molecule has 0 saturated carbocycles. The standard InChI is InChI=1S/C19H24N6O2S/c1-11-7-14(22-21-11)17-18-19(28-23-17)15(24-4-3-13(26)9-24)8-16(20-18)25-5-6-27-10-12(25)2/h7-8,12-13,26H,3-6,9-10H2,1-2H3,(H,21,22)/t12-,13+/m1/s1. The minimum Gasteiger partial charge on any atom is -0.391 e. The van der Waals surface area contributed by atoms with E-state index in [9.17, 15) is 5.11 Å². The van der Waals surface area contributed by atoms with E-state index in [1.165, 1.54) is 11.5 Å². The number of aliphatic hydroxyl groups is 1. The Bertz CT molecular complexity index is 1000. The molecule has 2 N–H and O–H groups in total. The van der Waals surface area contributed by atoms with Gasteiger partial charge in [-0.1, -0.05) is 0 Å². The van der Waals surface area contributed by atoms with Crippen molar-refractivity contribution >= 4 is 33.3 Å². The highest BCUT2D eigenvalue weighted by Gasteiger charge is 2.28. The second kappa shape index (κ2) is 6.98. The molecule has 3 aromatic heterocycles. The summed E-state index contributed by atoms with van der Waals surface area (Å²) >= 11 is 1.46. The summed E-state index contributed by atoms with van der Waals surface area (Å²) in [6, 6.07) is 4.41. The molecule has 2 saturated heterocycles. The van der Waals surface area contributed by atoms with E-state index in [0.717, 1.165) is 58.3 Å². The smallest absolute Gasteiger partial charge is 0.131 e. The van der Waals surface area contributed by atoms with Gasteiger partial charge in [0.1, 0.15) is 22.7 Å². The van der Waals surface area contributed by atoms with Crippen molar-refractivity contribution in [2.24, 2.45) is 0 Å². The molecule has 9 heteroatoms. The van der Waals surface area contributed by atoms with Crippen LogP contribution in [0.4, 0.5) is 11.5 Å². The zero-order valence-electron chi connectivity index (χ0n) is 16.1. The van der Waals surface area contributed by atoms with Gasteiger partial charge in [0.25, 0.3) is 0 Å². The summed E-state index contributed by atoms with van der Waals surface area (Å²) in [5.74, 6) is 0.938. The Hall–Kier alpha value is -2.23. The van der Waals surface area contributed by atoms with Crippen LogP contribution in [0.2, 0.25) is 0 Å². The number of hydrogen-bond donors (Lipinski definition) is 2. The lowest BCUT2D eigenvalue weighted by molar-refractivity contribution is 0.0986. The SMILES string of the molecule is Cc1cc(-c2nsc3c(N4CC[C@H](O)C4)cc(N4CCOC[C@H]4C)nc23)n[nH]1. The van der Waals surface area contributed by atoms with Gasteiger partial charge in [0.05, 0.1) is 35.7 Å². The largest absolute Gasteiger partial charge is 0.391 e. The molecule has 0 amide bonds. The molecular weight excluding hydrogens is 376 g/mol. The Labute approximate surface area is 167 Å². The fourth-order valence-corrected chi connectivity index (χ4v) is 4.88. The number of nitrogens with one attached hydrogen (secondary N) is 1. The molecule has 2 fully saturated rings. The van der Waals surface area contributed by atoms with Crippen LogP contribution in [0.25, 0.3) is 21.6 Å². The molecule has 2 atom stereocenters. The van der Waals surface area contributed by atoms with Crippen LogP contribution < -0.4 is 9.80 Å². The first-order valence-electron chi connectivity index (χ1n) is 9.70. The second-order valence-corrected chi connectivity index (χ2v) is 8.42. The van der Waals surface area contributed by atoms with Crippen molar-refractivity contribution in [1.29, 1.82) is 0 Å². The number of aryl methyl sites for hydroxylation is 1. The van der Waals surface area contributed by atoms with E-state index in [0.29, 0.717) is 19.8 Å². The maximum Gasteiger partial charge on any atom is 0.131 e. The maximum atomic E-state index is 10.1. The van der Waals surface area contributed by atoms with Gasteiger partial charge in [-0.15, -0.1) is 0 Å². The average Bonchev–Trinajstić information content (AvgIpc) is 3.41. The Morgan fingerprint density at radius 3 is 2.93 bits per heavy atom. The van der Waals surface area contributed by atoms with Crippen molar-refractivity contribution in [3.8, 4) is 11.4 Å². The highest BCUT2D eigenvalue weighted by atomic mass is 32.1. The monoisotopic (exact) mass is 400 g/mol. The highest BCUT2D eigenvalue weighted by Crippen LogP contribution is 2.39. The number of hydrogen-bond acceptors (Lipinski definition) is 8. The molecule has 8 nitrogen and oxygen atoms in total. The summed E-state index contributed by atoms with van der Waals surface area (Å²) < 4.78 is 11.4. The van der Waals surface area contributed by atoms with Gasteiger partial charge < -0.3 is 19.6 Å². The van der Waals surface area contributed by atoms with Crippen LogP contribution in [0, 0.1) is 6.92 Å². The third kappa shape index (κ3) is 3.03. The highest BCUT2D eigenvalue weighted by molar-refractivity contribution is 7.14. The summed E-state index contributed by atoms with van der Waals surface area (Å²) in [7, 11) is 0. The fraction of sp³-hybridized carbons (Fsp3) is 0.526. The van der Waals surface area contributed by atoms with Crippen LogP contribution in [0.3, 0.4) is 0 Å². The number of H-pyrrole nitrogens is 1. The molecule has 3 aromatic rings. The van der Waals surface area contributed by atoms with Crippen molar-refractivity contribution in [3.05, 3.63) is 17.8 Å². The zero-order valence-corrected chi connectivity index (χ0v) is 16.9. The van der Waals surface area contributed by atoms with Crippen molar-refractivity contribution in [1.82, 2.24) is 19.6 Å².